The van der Waals surface area contributed by atoms with E-state index >= 15 is 0 Å². The third-order valence-electron chi connectivity index (χ3n) is 2.53. The van der Waals surface area contributed by atoms with Gasteiger partial charge < -0.3 is 5.32 Å². The molecule has 1 aromatic rings. The minimum atomic E-state index is -3.52. The first kappa shape index (κ1) is 15.3. The second-order valence-corrected chi connectivity index (χ2v) is 6.40. The Morgan fingerprint density at radius 3 is 2.78 bits per heavy atom. The topological polar surface area (TPSA) is 71.1 Å². The van der Waals surface area contributed by atoms with Crippen LogP contribution in [0, 0.1) is 0 Å². The fraction of sp³-hybridized carbons (Fsp3) is 0.545. The summed E-state index contributed by atoms with van der Waals surface area (Å²) in [6.07, 6.45) is 5.64. The van der Waals surface area contributed by atoms with Gasteiger partial charge in [-0.05, 0) is 18.7 Å². The summed E-state index contributed by atoms with van der Waals surface area (Å²) < 4.78 is 27.2. The number of aromatic nitrogens is 1. The summed E-state index contributed by atoms with van der Waals surface area (Å²) in [4.78, 5) is 4.06. The van der Waals surface area contributed by atoms with Gasteiger partial charge in [0.05, 0.1) is 5.69 Å². The molecule has 0 amide bonds. The lowest BCUT2D eigenvalue weighted by Gasteiger charge is -2.17. The van der Waals surface area contributed by atoms with Gasteiger partial charge >= 0.3 is 0 Å². The largest absolute Gasteiger partial charge is 0.387 e. The van der Waals surface area contributed by atoms with Gasteiger partial charge in [0.15, 0.2) is 0 Å². The number of sulfonamides is 1. The van der Waals surface area contributed by atoms with Gasteiger partial charge in [-0.25, -0.2) is 13.1 Å². The number of thioether (sulfide) groups is 1. The van der Waals surface area contributed by atoms with E-state index in [4.69, 9.17) is 0 Å². The Bertz CT molecular complexity index is 477. The fourth-order valence-electron chi connectivity index (χ4n) is 1.52. The van der Waals surface area contributed by atoms with E-state index in [1.807, 2.05) is 13.2 Å². The third-order valence-corrected chi connectivity index (χ3v) is 4.81. The van der Waals surface area contributed by atoms with Crippen molar-refractivity contribution in [3.8, 4) is 0 Å². The van der Waals surface area contributed by atoms with Gasteiger partial charge in [-0.15, -0.1) is 0 Å². The number of hydrogen-bond donors (Lipinski definition) is 2. The smallest absolute Gasteiger partial charge is 0.244 e. The van der Waals surface area contributed by atoms with Gasteiger partial charge in [-0.3, -0.25) is 4.98 Å². The molecule has 18 heavy (non-hydrogen) atoms. The van der Waals surface area contributed by atoms with Crippen molar-refractivity contribution in [2.24, 2.45) is 0 Å². The Morgan fingerprint density at radius 1 is 1.50 bits per heavy atom. The minimum Gasteiger partial charge on any atom is -0.387 e. The summed E-state index contributed by atoms with van der Waals surface area (Å²) in [5, 5.41) is 2.86. The molecule has 1 atom stereocenters. The molecule has 0 aliphatic heterocycles. The van der Waals surface area contributed by atoms with Gasteiger partial charge in [0.2, 0.25) is 10.0 Å². The molecule has 1 rings (SSSR count). The average Bonchev–Trinajstić information content (AvgIpc) is 2.38. The molecule has 0 saturated heterocycles. The van der Waals surface area contributed by atoms with E-state index in [0.29, 0.717) is 5.69 Å². The second kappa shape index (κ2) is 6.96. The molecular formula is C11H19N3O2S2. The predicted molar refractivity (Wildman–Crippen MR) is 76.6 cm³/mol. The number of nitrogens with one attached hydrogen (secondary N) is 2. The molecule has 1 aromatic heterocycles. The lowest BCUT2D eigenvalue weighted by atomic mass is 10.3. The zero-order valence-corrected chi connectivity index (χ0v) is 12.4. The normalized spacial score (nSPS) is 13.3. The molecule has 0 spiro atoms. The van der Waals surface area contributed by atoms with Crippen LogP contribution in [0.25, 0.3) is 0 Å². The van der Waals surface area contributed by atoms with Gasteiger partial charge in [0.1, 0.15) is 4.90 Å². The molecule has 1 heterocycles. The highest BCUT2D eigenvalue weighted by molar-refractivity contribution is 7.98. The van der Waals surface area contributed by atoms with E-state index < -0.39 is 10.0 Å². The highest BCUT2D eigenvalue weighted by Gasteiger charge is 2.21. The van der Waals surface area contributed by atoms with Crippen molar-refractivity contribution in [3.05, 3.63) is 18.5 Å². The Hall–Kier alpha value is -0.790. The highest BCUT2D eigenvalue weighted by Crippen LogP contribution is 2.19. The predicted octanol–water partition coefficient (Wildman–Crippen LogP) is 1.54. The van der Waals surface area contributed by atoms with Gasteiger partial charge in [0.25, 0.3) is 0 Å². The lowest BCUT2D eigenvalue weighted by Crippen LogP contribution is -2.36. The monoisotopic (exact) mass is 289 g/mol. The Balaban J connectivity index is 2.98. The minimum absolute atomic E-state index is 0.0603. The summed E-state index contributed by atoms with van der Waals surface area (Å²) >= 11 is 1.62. The molecule has 0 aromatic carbocycles. The molecule has 1 unspecified atom stereocenters. The molecule has 0 aliphatic carbocycles. The maximum Gasteiger partial charge on any atom is 0.244 e. The van der Waals surface area contributed by atoms with Gasteiger partial charge in [-0.2, -0.15) is 11.8 Å². The summed E-state index contributed by atoms with van der Waals surface area (Å²) in [6, 6.07) is 1.58. The first-order chi connectivity index (χ1) is 8.55. The van der Waals surface area contributed by atoms with E-state index in [1.165, 1.54) is 6.20 Å². The molecule has 0 saturated carbocycles. The maximum atomic E-state index is 12.3. The zero-order valence-electron chi connectivity index (χ0n) is 10.8. The summed E-state index contributed by atoms with van der Waals surface area (Å²) in [5.41, 5.74) is 0.552. The van der Waals surface area contributed by atoms with Gasteiger partial charge in [0, 0.05) is 31.2 Å². The van der Waals surface area contributed by atoms with Gasteiger partial charge in [-0.1, -0.05) is 6.92 Å². The van der Waals surface area contributed by atoms with E-state index in [2.05, 4.69) is 15.0 Å². The van der Waals surface area contributed by atoms with Crippen LogP contribution in [0.1, 0.15) is 13.3 Å². The van der Waals surface area contributed by atoms with Crippen LogP contribution in [0.15, 0.2) is 23.4 Å². The fourth-order valence-corrected chi connectivity index (χ4v) is 3.82. The maximum absolute atomic E-state index is 12.3. The number of nitrogens with zero attached hydrogens (tertiary/aromatic N) is 1. The molecule has 0 bridgehead atoms. The van der Waals surface area contributed by atoms with Crippen molar-refractivity contribution in [3.63, 3.8) is 0 Å². The van der Waals surface area contributed by atoms with Crippen molar-refractivity contribution in [2.45, 2.75) is 24.3 Å². The number of pyridine rings is 1. The van der Waals surface area contributed by atoms with Crippen LogP contribution in [-0.4, -0.2) is 38.5 Å². The summed E-state index contributed by atoms with van der Waals surface area (Å²) in [7, 11) is -1.84. The van der Waals surface area contributed by atoms with Crippen LogP contribution in [-0.2, 0) is 10.0 Å². The molecule has 5 nitrogen and oxygen atoms in total. The zero-order chi connectivity index (χ0) is 13.6. The molecule has 0 aliphatic rings. The van der Waals surface area contributed by atoms with Crippen molar-refractivity contribution in [2.75, 3.05) is 24.4 Å². The second-order valence-electron chi connectivity index (χ2n) is 3.80. The molecule has 0 radical (unpaired) electrons. The van der Waals surface area contributed by atoms with Crippen LogP contribution < -0.4 is 10.0 Å². The molecule has 0 fully saturated rings. The van der Waals surface area contributed by atoms with Crippen LogP contribution >= 0.6 is 11.8 Å². The van der Waals surface area contributed by atoms with Crippen molar-refractivity contribution in [1.29, 1.82) is 0 Å². The Kier molecular flexibility index (Phi) is 5.90. The Labute approximate surface area is 113 Å². The van der Waals surface area contributed by atoms with Crippen LogP contribution in [0.4, 0.5) is 5.69 Å². The van der Waals surface area contributed by atoms with Crippen LogP contribution in [0.5, 0.6) is 0 Å². The third kappa shape index (κ3) is 3.86. The quantitative estimate of drug-likeness (QED) is 0.797. The summed E-state index contributed by atoms with van der Waals surface area (Å²) in [6.45, 7) is 1.96. The van der Waals surface area contributed by atoms with E-state index in [1.54, 1.807) is 31.1 Å². The van der Waals surface area contributed by atoms with Crippen LogP contribution in [0.2, 0.25) is 0 Å². The van der Waals surface area contributed by atoms with E-state index in [9.17, 15) is 8.42 Å². The SMILES string of the molecule is CCC(CSC)NS(=O)(=O)c1cnccc1NC. The lowest BCUT2D eigenvalue weighted by molar-refractivity contribution is 0.558. The van der Waals surface area contributed by atoms with Crippen molar-refractivity contribution < 1.29 is 8.42 Å². The molecule has 7 heteroatoms. The standard InChI is InChI=1S/C11H19N3O2S2/c1-4-9(8-17-3)14-18(15,16)11-7-13-6-5-10(11)12-2/h5-7,9,14H,4,8H2,1-3H3,(H,12,13). The highest BCUT2D eigenvalue weighted by atomic mass is 32.2. The van der Waals surface area contributed by atoms with E-state index in [-0.39, 0.29) is 10.9 Å². The van der Waals surface area contributed by atoms with E-state index in [0.717, 1.165) is 12.2 Å². The van der Waals surface area contributed by atoms with Crippen molar-refractivity contribution >= 4 is 27.5 Å². The first-order valence-corrected chi connectivity index (χ1v) is 8.55. The van der Waals surface area contributed by atoms with Crippen LogP contribution in [0.3, 0.4) is 0 Å². The average molecular weight is 289 g/mol. The number of rotatable bonds is 7. The number of hydrogen-bond acceptors (Lipinski definition) is 5. The Morgan fingerprint density at radius 2 is 2.22 bits per heavy atom. The summed E-state index contributed by atoms with van der Waals surface area (Å²) in [5.74, 6) is 0.755. The first-order valence-electron chi connectivity index (χ1n) is 5.68. The van der Waals surface area contributed by atoms with Crippen molar-refractivity contribution in [1.82, 2.24) is 9.71 Å². The molecule has 2 N–H and O–H groups in total. The molecular weight excluding hydrogens is 270 g/mol. The number of anilines is 1. The molecule has 102 valence electrons.